The van der Waals surface area contributed by atoms with Gasteiger partial charge in [0, 0.05) is 27.1 Å². The molecule has 1 aromatic rings. The van der Waals surface area contributed by atoms with Crippen LogP contribution in [0.5, 0.6) is 0 Å². The third-order valence-corrected chi connectivity index (χ3v) is 7.05. The van der Waals surface area contributed by atoms with E-state index < -0.39 is 11.3 Å². The first kappa shape index (κ1) is 22.0. The Balaban J connectivity index is 1.86. The van der Waals surface area contributed by atoms with Crippen LogP contribution in [0.4, 0.5) is 0 Å². The van der Waals surface area contributed by atoms with E-state index in [1.54, 1.807) is 14.2 Å². The lowest BCUT2D eigenvalue weighted by Crippen LogP contribution is -2.54. The highest BCUT2D eigenvalue weighted by atomic mass is 16.7. The van der Waals surface area contributed by atoms with Gasteiger partial charge in [-0.05, 0) is 56.2 Å². The fourth-order valence-corrected chi connectivity index (χ4v) is 5.02. The number of ether oxygens (including phenoxy) is 3. The van der Waals surface area contributed by atoms with Gasteiger partial charge in [-0.25, -0.2) is 5.06 Å². The van der Waals surface area contributed by atoms with Gasteiger partial charge in [0.25, 0.3) is 5.91 Å². The number of hydrogen-bond donors (Lipinski definition) is 0. The van der Waals surface area contributed by atoms with Crippen molar-refractivity contribution in [3.63, 3.8) is 0 Å². The second kappa shape index (κ2) is 8.04. The highest BCUT2D eigenvalue weighted by molar-refractivity contribution is 6.23. The van der Waals surface area contributed by atoms with Gasteiger partial charge in [-0.15, -0.1) is 0 Å². The number of esters is 1. The van der Waals surface area contributed by atoms with E-state index in [1.165, 1.54) is 12.2 Å². The zero-order valence-electron chi connectivity index (χ0n) is 18.9. The average Bonchev–Trinajstić information content (AvgIpc) is 3.59. The lowest BCUT2D eigenvalue weighted by molar-refractivity contribution is -0.255. The quantitative estimate of drug-likeness (QED) is 0.507. The Morgan fingerprint density at radius 3 is 2.06 bits per heavy atom. The van der Waals surface area contributed by atoms with E-state index in [2.05, 4.69) is 0 Å². The predicted octanol–water partition coefficient (Wildman–Crippen LogP) is 3.67. The molecule has 1 spiro atoms. The van der Waals surface area contributed by atoms with Crippen molar-refractivity contribution in [1.29, 1.82) is 0 Å². The minimum absolute atomic E-state index is 0.0869. The van der Waals surface area contributed by atoms with Gasteiger partial charge in [-0.3, -0.25) is 14.4 Å². The molecule has 0 aromatic heterocycles. The van der Waals surface area contributed by atoms with Gasteiger partial charge in [0.2, 0.25) is 0 Å². The van der Waals surface area contributed by atoms with Gasteiger partial charge < -0.3 is 14.2 Å². The third kappa shape index (κ3) is 3.49. The molecule has 0 N–H and O–H groups in total. The lowest BCUT2D eigenvalue weighted by atomic mass is 9.77. The Labute approximate surface area is 183 Å². The third-order valence-electron chi connectivity index (χ3n) is 7.05. The molecule has 1 amide bonds. The smallest absolute Gasteiger partial charge is 0.314 e. The number of benzene rings is 1. The highest BCUT2D eigenvalue weighted by Gasteiger charge is 2.59. The zero-order valence-corrected chi connectivity index (χ0v) is 18.9. The van der Waals surface area contributed by atoms with Crippen LogP contribution in [0.15, 0.2) is 24.0 Å². The maximum absolute atomic E-state index is 13.7. The molecule has 168 valence electrons. The van der Waals surface area contributed by atoms with Gasteiger partial charge in [-0.1, -0.05) is 18.2 Å². The molecule has 7 nitrogen and oxygen atoms in total. The van der Waals surface area contributed by atoms with Gasteiger partial charge in [0.05, 0.1) is 18.6 Å². The number of methoxy groups -OCH3 is 2. The maximum atomic E-state index is 13.7. The number of hydrogen-bond acceptors (Lipinski definition) is 6. The van der Waals surface area contributed by atoms with Crippen molar-refractivity contribution in [1.82, 2.24) is 5.06 Å². The van der Waals surface area contributed by atoms with Gasteiger partial charge in [-0.2, -0.15) is 0 Å². The molecule has 0 radical (unpaired) electrons. The second-order valence-electron chi connectivity index (χ2n) is 8.80. The number of amides is 1. The Morgan fingerprint density at radius 1 is 1.00 bits per heavy atom. The summed E-state index contributed by atoms with van der Waals surface area (Å²) in [4.78, 5) is 32.1. The second-order valence-corrected chi connectivity index (χ2v) is 8.80. The van der Waals surface area contributed by atoms with Crippen LogP contribution >= 0.6 is 0 Å². The summed E-state index contributed by atoms with van der Waals surface area (Å²) in [5.74, 6) is -0.939. The first-order valence-corrected chi connectivity index (χ1v) is 10.8. The number of hydroxylamine groups is 2. The van der Waals surface area contributed by atoms with Crippen molar-refractivity contribution in [2.45, 2.75) is 63.7 Å². The van der Waals surface area contributed by atoms with Crippen molar-refractivity contribution in [3.05, 3.63) is 40.6 Å². The van der Waals surface area contributed by atoms with E-state index in [-0.39, 0.29) is 17.8 Å². The first-order chi connectivity index (χ1) is 14.8. The Morgan fingerprint density at radius 2 is 1.58 bits per heavy atom. The molecule has 0 saturated heterocycles. The Bertz CT molecular complexity index is 898. The molecule has 3 aliphatic rings. The zero-order chi connectivity index (χ0) is 22.4. The summed E-state index contributed by atoms with van der Waals surface area (Å²) >= 11 is 0. The minimum atomic E-state index is -0.874. The normalized spacial score (nSPS) is 22.4. The number of rotatable bonds is 6. The van der Waals surface area contributed by atoms with E-state index in [1.807, 2.05) is 32.0 Å². The van der Waals surface area contributed by atoms with Crippen LogP contribution < -0.4 is 0 Å². The summed E-state index contributed by atoms with van der Waals surface area (Å²) in [5.41, 5.74) is 2.26. The number of nitrogens with zero attached hydrogens (tertiary/aromatic N) is 1. The molecular weight excluding hydrogens is 398 g/mol. The van der Waals surface area contributed by atoms with Crippen LogP contribution in [0.3, 0.4) is 0 Å². The molecule has 4 rings (SSSR count). The van der Waals surface area contributed by atoms with Crippen molar-refractivity contribution in [3.8, 4) is 0 Å². The Hall–Kier alpha value is -2.22. The molecule has 0 bridgehead atoms. The number of carbonyl (C=O) groups is 2. The van der Waals surface area contributed by atoms with E-state index in [0.717, 1.165) is 29.5 Å². The number of carbonyl (C=O) groups excluding carboxylic acids is 2. The van der Waals surface area contributed by atoms with E-state index in [9.17, 15) is 9.59 Å². The molecule has 1 aromatic carbocycles. The number of aryl methyl sites for hydroxylation is 2. The molecule has 1 heterocycles. The van der Waals surface area contributed by atoms with Crippen molar-refractivity contribution < 1.29 is 28.6 Å². The first-order valence-electron chi connectivity index (χ1n) is 10.8. The molecular formula is C24H31NO6. The van der Waals surface area contributed by atoms with Crippen LogP contribution in [0.25, 0.3) is 5.57 Å². The molecule has 2 aliphatic carbocycles. The summed E-state index contributed by atoms with van der Waals surface area (Å²) in [5, 5.41) is 1.40. The summed E-state index contributed by atoms with van der Waals surface area (Å²) in [6.07, 6.45) is 3.73. The Kier molecular flexibility index (Phi) is 5.70. The fraction of sp³-hybridized carbons (Fsp3) is 0.583. The van der Waals surface area contributed by atoms with E-state index >= 15 is 0 Å². The molecule has 2 fully saturated rings. The van der Waals surface area contributed by atoms with Crippen LogP contribution in [0.1, 0.15) is 55.2 Å². The van der Waals surface area contributed by atoms with Crippen molar-refractivity contribution >= 4 is 17.4 Å². The predicted molar refractivity (Wildman–Crippen MR) is 113 cm³/mol. The minimum Gasteiger partial charge on any atom is -0.427 e. The van der Waals surface area contributed by atoms with Gasteiger partial charge in [0.15, 0.2) is 5.79 Å². The summed E-state index contributed by atoms with van der Waals surface area (Å²) < 4.78 is 17.4. The van der Waals surface area contributed by atoms with Crippen LogP contribution in [-0.2, 0) is 28.6 Å². The molecule has 7 heteroatoms. The van der Waals surface area contributed by atoms with Crippen LogP contribution in [0.2, 0.25) is 0 Å². The summed E-state index contributed by atoms with van der Waals surface area (Å²) in [6, 6.07) is 5.89. The molecule has 2 saturated carbocycles. The molecule has 1 aliphatic heterocycles. The largest absolute Gasteiger partial charge is 0.427 e. The maximum Gasteiger partial charge on any atom is 0.314 e. The summed E-state index contributed by atoms with van der Waals surface area (Å²) in [7, 11) is 4.74. The molecule has 31 heavy (non-hydrogen) atoms. The van der Waals surface area contributed by atoms with E-state index in [4.69, 9.17) is 19.0 Å². The van der Waals surface area contributed by atoms with E-state index in [0.29, 0.717) is 37.0 Å². The monoisotopic (exact) mass is 429 g/mol. The van der Waals surface area contributed by atoms with Crippen LogP contribution in [-0.4, -0.2) is 49.6 Å². The fourth-order valence-electron chi connectivity index (χ4n) is 5.02. The van der Waals surface area contributed by atoms with Gasteiger partial charge >= 0.3 is 5.97 Å². The topological polar surface area (TPSA) is 74.3 Å². The summed E-state index contributed by atoms with van der Waals surface area (Å²) in [6.45, 7) is 3.93. The van der Waals surface area contributed by atoms with Crippen molar-refractivity contribution in [2.75, 3.05) is 21.3 Å². The molecule has 0 unspecified atom stereocenters. The van der Waals surface area contributed by atoms with Crippen LogP contribution in [0, 0.1) is 19.8 Å². The lowest BCUT2D eigenvalue weighted by Gasteiger charge is -2.46. The average molecular weight is 430 g/mol. The SMILES string of the molecule is CON1C(=O)C(c2c(C)cccc2C)=C(OC(=O)C2CC2)C12CCC(OC)(OC)CC2. The standard InChI is InChI=1S/C24H31NO6/c1-15-7-6-8-16(2)18(15)19-20(31-22(27)17-9-10-17)23(25(30-5)21(19)26)11-13-24(28-3,29-4)14-12-23/h6-8,17H,9-14H2,1-5H3. The van der Waals surface area contributed by atoms with Crippen molar-refractivity contribution in [2.24, 2.45) is 5.92 Å². The van der Waals surface area contributed by atoms with Gasteiger partial charge in [0.1, 0.15) is 11.3 Å². The molecule has 0 atom stereocenters. The highest BCUT2D eigenvalue weighted by Crippen LogP contribution is 2.52.